The molecule has 5 aliphatic rings. The number of aliphatic imine (C=N–C) groups is 1. The van der Waals surface area contributed by atoms with E-state index in [9.17, 15) is 0 Å². The highest BCUT2D eigenvalue weighted by atomic mass is 14.7. The van der Waals surface area contributed by atoms with Gasteiger partial charge in [0.2, 0.25) is 0 Å². The van der Waals surface area contributed by atoms with E-state index in [4.69, 9.17) is 0 Å². The predicted octanol–water partition coefficient (Wildman–Crippen LogP) is 12.0. The fourth-order valence-electron chi connectivity index (χ4n) is 9.70. The highest BCUT2D eigenvalue weighted by Gasteiger charge is 2.40. The van der Waals surface area contributed by atoms with Crippen LogP contribution >= 0.6 is 0 Å². The summed E-state index contributed by atoms with van der Waals surface area (Å²) in [6, 6.07) is 13.8. The zero-order valence-corrected chi connectivity index (χ0v) is 27.2. The molecule has 226 valence electrons. The molecular weight excluding hydrogens is 518 g/mol. The highest BCUT2D eigenvalue weighted by molar-refractivity contribution is 5.76. The van der Waals surface area contributed by atoms with E-state index in [-0.39, 0.29) is 0 Å². The third kappa shape index (κ3) is 5.55. The van der Waals surface area contributed by atoms with Gasteiger partial charge in [-0.2, -0.15) is 0 Å². The van der Waals surface area contributed by atoms with Gasteiger partial charge in [-0.25, -0.2) is 0 Å². The molecule has 5 aliphatic carbocycles. The Labute approximate surface area is 261 Å². The Hall–Kier alpha value is -2.67. The normalized spacial score (nSPS) is 27.0. The summed E-state index contributed by atoms with van der Waals surface area (Å²) in [6.45, 7) is 10.9. The zero-order valence-electron chi connectivity index (χ0n) is 27.2. The lowest BCUT2D eigenvalue weighted by Crippen LogP contribution is -2.31. The molecule has 0 aromatic heterocycles. The van der Waals surface area contributed by atoms with Crippen LogP contribution in [0.3, 0.4) is 0 Å². The first kappa shape index (κ1) is 29.1. The van der Waals surface area contributed by atoms with Gasteiger partial charge in [0, 0.05) is 0 Å². The van der Waals surface area contributed by atoms with Crippen molar-refractivity contribution in [2.45, 2.75) is 129 Å². The molecule has 0 saturated heterocycles. The fourth-order valence-corrected chi connectivity index (χ4v) is 9.70. The molecule has 0 radical (unpaired) electrons. The first-order chi connectivity index (χ1) is 21.0. The zero-order chi connectivity index (χ0) is 29.5. The number of aryl methyl sites for hydroxylation is 1. The summed E-state index contributed by atoms with van der Waals surface area (Å²) < 4.78 is 0. The molecule has 4 fully saturated rings. The molecule has 4 saturated carbocycles. The van der Waals surface area contributed by atoms with E-state index in [0.29, 0.717) is 0 Å². The smallest absolute Gasteiger partial charge is 0.0622 e. The second-order valence-corrected chi connectivity index (χ2v) is 14.7. The minimum Gasteiger partial charge on any atom is -0.265 e. The number of hydrogen-bond acceptors (Lipinski definition) is 1. The predicted molar refractivity (Wildman–Crippen MR) is 184 cm³/mol. The molecule has 43 heavy (non-hydrogen) atoms. The van der Waals surface area contributed by atoms with E-state index < -0.39 is 0 Å². The Kier molecular flexibility index (Phi) is 8.36. The summed E-state index contributed by atoms with van der Waals surface area (Å²) in [6.07, 6.45) is 21.8. The Morgan fingerprint density at radius 2 is 1.44 bits per heavy atom. The van der Waals surface area contributed by atoms with Crippen molar-refractivity contribution >= 4 is 18.0 Å². The van der Waals surface area contributed by atoms with E-state index in [1.54, 1.807) is 33.4 Å². The summed E-state index contributed by atoms with van der Waals surface area (Å²) in [5.41, 5.74) is 19.5. The maximum absolute atomic E-state index is 4.14. The lowest BCUT2D eigenvalue weighted by atomic mass is 9.61. The third-order valence-electron chi connectivity index (χ3n) is 12.6. The highest BCUT2D eigenvalue weighted by Crippen LogP contribution is 2.54. The van der Waals surface area contributed by atoms with Crippen LogP contribution in [0.5, 0.6) is 0 Å². The second kappa shape index (κ2) is 12.4. The Morgan fingerprint density at radius 3 is 2.07 bits per heavy atom. The molecule has 0 aliphatic heterocycles. The summed E-state index contributed by atoms with van der Waals surface area (Å²) in [5, 5.41) is 0. The van der Waals surface area contributed by atoms with E-state index in [1.165, 1.54) is 94.6 Å². The van der Waals surface area contributed by atoms with Crippen molar-refractivity contribution in [1.29, 1.82) is 0 Å². The molecule has 0 spiro atoms. The lowest BCUT2D eigenvalue weighted by molar-refractivity contribution is 0.245. The van der Waals surface area contributed by atoms with Crippen LogP contribution in [0.2, 0.25) is 0 Å². The lowest BCUT2D eigenvalue weighted by Gasteiger charge is -2.44. The van der Waals surface area contributed by atoms with Crippen molar-refractivity contribution in [3.63, 3.8) is 0 Å². The summed E-state index contributed by atoms with van der Waals surface area (Å²) in [7, 11) is 0. The topological polar surface area (TPSA) is 12.4 Å². The van der Waals surface area contributed by atoms with Crippen molar-refractivity contribution in [3.05, 3.63) is 92.1 Å². The average Bonchev–Trinajstić information content (AvgIpc) is 3.53. The molecule has 0 atom stereocenters. The number of benzene rings is 2. The summed E-state index contributed by atoms with van der Waals surface area (Å²) >= 11 is 0. The number of rotatable bonds is 7. The minimum atomic E-state index is 0.732. The number of allylic oxidation sites excluding steroid dienone is 6. The van der Waals surface area contributed by atoms with Crippen LogP contribution in [-0.4, -0.2) is 6.72 Å². The van der Waals surface area contributed by atoms with Gasteiger partial charge >= 0.3 is 0 Å². The van der Waals surface area contributed by atoms with Crippen LogP contribution in [0, 0.1) is 24.7 Å². The molecule has 0 amide bonds. The van der Waals surface area contributed by atoms with Crippen molar-refractivity contribution in [2.75, 3.05) is 0 Å². The maximum atomic E-state index is 4.14. The van der Waals surface area contributed by atoms with Crippen molar-refractivity contribution in [1.82, 2.24) is 0 Å². The van der Waals surface area contributed by atoms with Crippen molar-refractivity contribution in [3.8, 4) is 0 Å². The monoisotopic (exact) mass is 571 g/mol. The standard InChI is InChI=1S/C42H53N/c1-5-29-25-39-27(2)13-22-38(41(39)26-40(29)32-18-20-37(43-4)21-19-32)35-23-36(24-35)42(33-9-6-7-10-33)34-16-14-31(15-17-34)28(3)30-11-8-12-30/h13,18-22,31,34-36H,4-12,14-17,23-26H2,1-3H3. The van der Waals surface area contributed by atoms with Gasteiger partial charge in [-0.15, -0.1) is 0 Å². The van der Waals surface area contributed by atoms with Crippen LogP contribution in [-0.2, 0) is 12.8 Å². The number of fused-ring (bicyclic) bond motifs is 1. The molecule has 0 unspecified atom stereocenters. The first-order valence-electron chi connectivity index (χ1n) is 17.8. The minimum absolute atomic E-state index is 0.732. The fraction of sp³-hybridized carbons (Fsp3) is 0.548. The third-order valence-corrected chi connectivity index (χ3v) is 12.6. The maximum Gasteiger partial charge on any atom is 0.0622 e. The molecule has 0 heterocycles. The van der Waals surface area contributed by atoms with E-state index in [1.807, 2.05) is 16.7 Å². The molecule has 2 aromatic carbocycles. The molecule has 7 rings (SSSR count). The van der Waals surface area contributed by atoms with Gasteiger partial charge in [0.15, 0.2) is 0 Å². The van der Waals surface area contributed by atoms with Crippen molar-refractivity contribution in [2.24, 2.45) is 22.7 Å². The number of nitrogens with zero attached hydrogens (tertiary/aromatic N) is 1. The van der Waals surface area contributed by atoms with Crippen LogP contribution in [0.15, 0.2) is 69.3 Å². The van der Waals surface area contributed by atoms with Crippen molar-refractivity contribution < 1.29 is 0 Å². The Bertz CT molecular complexity index is 1450. The van der Waals surface area contributed by atoms with Crippen LogP contribution < -0.4 is 0 Å². The average molecular weight is 572 g/mol. The molecule has 0 N–H and O–H groups in total. The molecule has 1 heteroatoms. The van der Waals surface area contributed by atoms with Crippen LogP contribution in [0.25, 0.3) is 5.57 Å². The molecule has 2 aromatic rings. The Balaban J connectivity index is 1.10. The van der Waals surface area contributed by atoms with Gasteiger partial charge in [0.05, 0.1) is 5.69 Å². The molecule has 1 nitrogen and oxygen atoms in total. The molecular formula is C42H53N. The quantitative estimate of drug-likeness (QED) is 0.231. The summed E-state index contributed by atoms with van der Waals surface area (Å²) in [4.78, 5) is 4.14. The van der Waals surface area contributed by atoms with Gasteiger partial charge in [0.25, 0.3) is 0 Å². The number of hydrogen-bond donors (Lipinski definition) is 0. The van der Waals surface area contributed by atoms with E-state index >= 15 is 0 Å². The largest absolute Gasteiger partial charge is 0.265 e. The van der Waals surface area contributed by atoms with Crippen LogP contribution in [0.4, 0.5) is 5.69 Å². The summed E-state index contributed by atoms with van der Waals surface area (Å²) in [5.74, 6) is 3.33. The Morgan fingerprint density at radius 1 is 0.767 bits per heavy atom. The van der Waals surface area contributed by atoms with E-state index in [2.05, 4.69) is 68.9 Å². The van der Waals surface area contributed by atoms with Gasteiger partial charge in [-0.05, 0) is 192 Å². The molecule has 0 bridgehead atoms. The van der Waals surface area contributed by atoms with Crippen LogP contribution in [0.1, 0.15) is 137 Å². The van der Waals surface area contributed by atoms with Gasteiger partial charge < -0.3 is 0 Å². The van der Waals surface area contributed by atoms with Gasteiger partial charge in [-0.1, -0.05) is 59.1 Å². The first-order valence-corrected chi connectivity index (χ1v) is 17.8. The van der Waals surface area contributed by atoms with Gasteiger partial charge in [0.1, 0.15) is 0 Å². The van der Waals surface area contributed by atoms with Gasteiger partial charge in [-0.3, -0.25) is 4.99 Å². The van der Waals surface area contributed by atoms with E-state index in [0.717, 1.165) is 48.6 Å². The second-order valence-electron chi connectivity index (χ2n) is 14.7. The SMILES string of the molecule is C=Nc1ccc(C2=C(CC)Cc3c(C)ccc(C4CC(C(=C5CCCC5)C5CCC(C(C)=C6CCC6)CC5)C4)c3C2)cc1.